The van der Waals surface area contributed by atoms with Gasteiger partial charge in [0, 0.05) is 29.6 Å². The predicted molar refractivity (Wildman–Crippen MR) is 102 cm³/mol. The molecule has 2 aromatic rings. The van der Waals surface area contributed by atoms with E-state index in [1.807, 2.05) is 0 Å². The van der Waals surface area contributed by atoms with Crippen LogP contribution >= 0.6 is 0 Å². The van der Waals surface area contributed by atoms with Gasteiger partial charge >= 0.3 is 12.1 Å². The van der Waals surface area contributed by atoms with Crippen LogP contribution in [-0.2, 0) is 10.9 Å². The van der Waals surface area contributed by atoms with Crippen LogP contribution in [0.2, 0.25) is 0 Å². The lowest BCUT2D eigenvalue weighted by Gasteiger charge is -2.44. The third-order valence-corrected chi connectivity index (χ3v) is 6.60. The highest BCUT2D eigenvalue weighted by atomic mass is 19.4. The molecule has 2 aromatic heterocycles. The summed E-state index contributed by atoms with van der Waals surface area (Å²) < 4.78 is 46.8. The van der Waals surface area contributed by atoms with Gasteiger partial charge in [-0.05, 0) is 57.7 Å². The molecule has 2 saturated heterocycles. The van der Waals surface area contributed by atoms with Crippen LogP contribution in [0.5, 0.6) is 0 Å². The molecule has 1 aliphatic carbocycles. The lowest BCUT2D eigenvalue weighted by Crippen LogP contribution is -2.49. The minimum atomic E-state index is -4.58. The molecule has 0 radical (unpaired) electrons. The Hall–Kier alpha value is -2.16. The van der Waals surface area contributed by atoms with Gasteiger partial charge in [-0.1, -0.05) is 6.42 Å². The van der Waals surface area contributed by atoms with E-state index in [2.05, 4.69) is 15.0 Å². The first kappa shape index (κ1) is 19.8. The van der Waals surface area contributed by atoms with E-state index in [0.29, 0.717) is 16.3 Å². The Bertz CT molecular complexity index is 952. The summed E-state index contributed by atoms with van der Waals surface area (Å²) in [5, 5.41) is 3.89. The Morgan fingerprint density at radius 3 is 2.67 bits per heavy atom. The molecule has 5 rings (SSSR count). The molecule has 0 unspecified atom stereocenters. The summed E-state index contributed by atoms with van der Waals surface area (Å²) in [7, 11) is 0. The average molecular weight is 422 g/mol. The highest BCUT2D eigenvalue weighted by Crippen LogP contribution is 2.41. The number of carbonyl (C=O) groups excluding carboxylic acids is 1. The standard InChI is InChI=1S/C21H25F3N4O2/c22-21(23,24)18-10-15(13-6-7-13)25-19-11-16(26-28(18)19)20(29)30-12-14-4-3-9-27-8-2-1-5-17(14)27/h10-11,13-14,17H,1-9,12H2/t14-,17+/m1/s1. The zero-order valence-corrected chi connectivity index (χ0v) is 16.7. The third kappa shape index (κ3) is 3.79. The van der Waals surface area contributed by atoms with Crippen molar-refractivity contribution < 1.29 is 22.7 Å². The monoisotopic (exact) mass is 422 g/mol. The first-order chi connectivity index (χ1) is 14.4. The van der Waals surface area contributed by atoms with Crippen molar-refractivity contribution in [1.82, 2.24) is 19.5 Å². The van der Waals surface area contributed by atoms with Gasteiger partial charge < -0.3 is 4.74 Å². The highest BCUT2D eigenvalue weighted by molar-refractivity contribution is 5.88. The molecule has 3 aliphatic rings. The molecule has 0 aromatic carbocycles. The van der Waals surface area contributed by atoms with Gasteiger partial charge in [-0.2, -0.15) is 18.3 Å². The van der Waals surface area contributed by atoms with E-state index in [-0.39, 0.29) is 29.8 Å². The fourth-order valence-electron chi connectivity index (χ4n) is 4.91. The number of carbonyl (C=O) groups is 1. The Balaban J connectivity index is 1.35. The van der Waals surface area contributed by atoms with Crippen LogP contribution in [0.15, 0.2) is 12.1 Å². The second-order valence-electron chi connectivity index (χ2n) is 8.74. The topological polar surface area (TPSA) is 59.7 Å². The highest BCUT2D eigenvalue weighted by Gasteiger charge is 2.38. The summed E-state index contributed by atoms with van der Waals surface area (Å²) in [4.78, 5) is 19.4. The van der Waals surface area contributed by atoms with E-state index >= 15 is 0 Å². The Morgan fingerprint density at radius 1 is 1.10 bits per heavy atom. The SMILES string of the molecule is O=C(OC[C@H]1CCCN2CCCC[C@@H]12)c1cc2nc(C3CC3)cc(C(F)(F)F)n2n1. The summed E-state index contributed by atoms with van der Waals surface area (Å²) in [6.07, 6.45) is 2.69. The van der Waals surface area contributed by atoms with E-state index in [1.54, 1.807) is 0 Å². The van der Waals surface area contributed by atoms with Crippen molar-refractivity contribution in [3.8, 4) is 0 Å². The molecule has 0 N–H and O–H groups in total. The molecule has 1 saturated carbocycles. The van der Waals surface area contributed by atoms with Crippen LogP contribution in [-0.4, -0.2) is 51.2 Å². The molecular formula is C21H25F3N4O2. The van der Waals surface area contributed by atoms with Gasteiger partial charge in [0.25, 0.3) is 0 Å². The molecule has 6 nitrogen and oxygen atoms in total. The first-order valence-corrected chi connectivity index (χ1v) is 10.8. The fourth-order valence-corrected chi connectivity index (χ4v) is 4.91. The van der Waals surface area contributed by atoms with Crippen molar-refractivity contribution >= 4 is 11.6 Å². The summed E-state index contributed by atoms with van der Waals surface area (Å²) in [5.41, 5.74) is -0.583. The van der Waals surface area contributed by atoms with Crippen LogP contribution in [0, 0.1) is 5.92 Å². The smallest absolute Gasteiger partial charge is 0.433 e. The van der Waals surface area contributed by atoms with Crippen LogP contribution in [0.3, 0.4) is 0 Å². The van der Waals surface area contributed by atoms with Crippen molar-refractivity contribution in [3.05, 3.63) is 29.2 Å². The fraction of sp³-hybridized carbons (Fsp3) is 0.667. The number of esters is 1. The molecule has 9 heteroatoms. The zero-order valence-electron chi connectivity index (χ0n) is 16.7. The lowest BCUT2D eigenvalue weighted by molar-refractivity contribution is -0.142. The van der Waals surface area contributed by atoms with E-state index in [4.69, 9.17) is 4.74 Å². The lowest BCUT2D eigenvalue weighted by atomic mass is 9.84. The molecule has 0 spiro atoms. The maximum absolute atomic E-state index is 13.5. The maximum atomic E-state index is 13.5. The van der Waals surface area contributed by atoms with Crippen molar-refractivity contribution in [1.29, 1.82) is 0 Å². The Kier molecular flexibility index (Phi) is 4.95. The van der Waals surface area contributed by atoms with Gasteiger partial charge in [0.15, 0.2) is 11.3 Å². The minimum Gasteiger partial charge on any atom is -0.461 e. The average Bonchev–Trinajstić information content (AvgIpc) is 3.49. The van der Waals surface area contributed by atoms with E-state index < -0.39 is 17.8 Å². The van der Waals surface area contributed by atoms with Crippen LogP contribution < -0.4 is 0 Å². The summed E-state index contributed by atoms with van der Waals surface area (Å²) in [6, 6.07) is 2.78. The van der Waals surface area contributed by atoms with Gasteiger partial charge in [-0.3, -0.25) is 4.90 Å². The predicted octanol–water partition coefficient (Wildman–Crippen LogP) is 4.05. The van der Waals surface area contributed by atoms with Crippen molar-refractivity contribution in [2.45, 2.75) is 63.1 Å². The summed E-state index contributed by atoms with van der Waals surface area (Å²) in [6.45, 7) is 2.47. The Labute approximate surface area is 172 Å². The largest absolute Gasteiger partial charge is 0.461 e. The van der Waals surface area contributed by atoms with Gasteiger partial charge in [-0.25, -0.2) is 14.3 Å². The molecule has 162 valence electrons. The number of fused-ring (bicyclic) bond motifs is 2. The molecule has 2 atom stereocenters. The van der Waals surface area contributed by atoms with E-state index in [9.17, 15) is 18.0 Å². The molecule has 0 bridgehead atoms. The molecular weight excluding hydrogens is 397 g/mol. The van der Waals surface area contributed by atoms with E-state index in [1.165, 1.54) is 18.9 Å². The molecule has 2 aliphatic heterocycles. The molecule has 0 amide bonds. The zero-order chi connectivity index (χ0) is 20.9. The summed E-state index contributed by atoms with van der Waals surface area (Å²) >= 11 is 0. The third-order valence-electron chi connectivity index (χ3n) is 6.60. The van der Waals surface area contributed by atoms with Gasteiger partial charge in [0.1, 0.15) is 5.69 Å². The van der Waals surface area contributed by atoms with Crippen LogP contribution in [0.1, 0.15) is 72.7 Å². The van der Waals surface area contributed by atoms with Crippen LogP contribution in [0.25, 0.3) is 5.65 Å². The Morgan fingerprint density at radius 2 is 1.90 bits per heavy atom. The van der Waals surface area contributed by atoms with Crippen molar-refractivity contribution in [2.24, 2.45) is 5.92 Å². The second kappa shape index (κ2) is 7.51. The number of rotatable bonds is 4. The van der Waals surface area contributed by atoms with Gasteiger partial charge in [0.2, 0.25) is 0 Å². The number of aromatic nitrogens is 3. The maximum Gasteiger partial charge on any atom is 0.433 e. The number of alkyl halides is 3. The number of ether oxygens (including phenoxy) is 1. The van der Waals surface area contributed by atoms with Gasteiger partial charge in [-0.15, -0.1) is 0 Å². The minimum absolute atomic E-state index is 0.0368. The molecule has 30 heavy (non-hydrogen) atoms. The molecule has 3 fully saturated rings. The quantitative estimate of drug-likeness (QED) is 0.696. The normalized spacial score (nSPS) is 25.3. The number of nitrogens with zero attached hydrogens (tertiary/aromatic N) is 4. The van der Waals surface area contributed by atoms with Crippen LogP contribution in [0.4, 0.5) is 13.2 Å². The number of hydrogen-bond acceptors (Lipinski definition) is 5. The second-order valence-corrected chi connectivity index (χ2v) is 8.74. The summed E-state index contributed by atoms with van der Waals surface area (Å²) in [5.74, 6) is -0.356. The molecule has 4 heterocycles. The number of piperidine rings is 2. The van der Waals surface area contributed by atoms with E-state index in [0.717, 1.165) is 51.3 Å². The number of hydrogen-bond donors (Lipinski definition) is 0. The van der Waals surface area contributed by atoms with Crippen molar-refractivity contribution in [3.63, 3.8) is 0 Å². The van der Waals surface area contributed by atoms with Crippen molar-refractivity contribution in [2.75, 3.05) is 19.7 Å². The van der Waals surface area contributed by atoms with Gasteiger partial charge in [0.05, 0.1) is 6.61 Å². The number of halogens is 3. The first-order valence-electron chi connectivity index (χ1n) is 10.8.